The maximum atomic E-state index is 12.8. The molecule has 23 heavy (non-hydrogen) atoms. The topological polar surface area (TPSA) is 112 Å². The van der Waals surface area contributed by atoms with Crippen LogP contribution in [-0.2, 0) is 11.8 Å². The molecule has 0 spiro atoms. The molecular formula is C15H19N3O5. The lowest BCUT2D eigenvalue weighted by molar-refractivity contribution is -0.141. The summed E-state index contributed by atoms with van der Waals surface area (Å²) in [5.74, 6) is -1.49. The van der Waals surface area contributed by atoms with Crippen LogP contribution in [0.3, 0.4) is 0 Å². The monoisotopic (exact) mass is 321 g/mol. The molecule has 2 heterocycles. The van der Waals surface area contributed by atoms with Crippen molar-refractivity contribution in [1.82, 2.24) is 14.5 Å². The summed E-state index contributed by atoms with van der Waals surface area (Å²) in [6.45, 7) is 0. The van der Waals surface area contributed by atoms with Gasteiger partial charge in [0, 0.05) is 19.3 Å². The number of carboxylic acids is 1. The molecule has 0 unspecified atom stereocenters. The predicted molar refractivity (Wildman–Crippen MR) is 80.3 cm³/mol. The molecule has 1 aliphatic carbocycles. The predicted octanol–water partition coefficient (Wildman–Crippen LogP) is -0.0685. The normalized spacial score (nSPS) is 26.8. The molecule has 8 heteroatoms. The number of rotatable bonds is 2. The van der Waals surface area contributed by atoms with Gasteiger partial charge >= 0.3 is 11.7 Å². The van der Waals surface area contributed by atoms with Crippen LogP contribution in [0.25, 0.3) is 0 Å². The minimum Gasteiger partial charge on any atom is -0.480 e. The third-order valence-corrected chi connectivity index (χ3v) is 5.02. The second kappa shape index (κ2) is 5.68. The molecule has 2 N–H and O–H groups in total. The fraction of sp³-hybridized carbons (Fsp3) is 0.600. The molecule has 1 aliphatic heterocycles. The molecule has 1 saturated carbocycles. The summed E-state index contributed by atoms with van der Waals surface area (Å²) in [5, 5.41) is 9.46. The Balaban J connectivity index is 2.02. The van der Waals surface area contributed by atoms with Gasteiger partial charge in [-0.25, -0.2) is 9.59 Å². The van der Waals surface area contributed by atoms with E-state index in [0.717, 1.165) is 36.4 Å². The van der Waals surface area contributed by atoms with E-state index in [1.165, 1.54) is 11.9 Å². The Hall–Kier alpha value is -2.38. The maximum Gasteiger partial charge on any atom is 0.328 e. The van der Waals surface area contributed by atoms with Crippen LogP contribution in [0.5, 0.6) is 0 Å². The number of aliphatic carboxylic acids is 1. The van der Waals surface area contributed by atoms with E-state index in [-0.39, 0.29) is 17.5 Å². The van der Waals surface area contributed by atoms with Crippen LogP contribution in [0.1, 0.15) is 42.5 Å². The van der Waals surface area contributed by atoms with Gasteiger partial charge in [-0.15, -0.1) is 0 Å². The lowest BCUT2D eigenvalue weighted by Crippen LogP contribution is -2.49. The van der Waals surface area contributed by atoms with Crippen molar-refractivity contribution in [2.24, 2.45) is 13.0 Å². The van der Waals surface area contributed by atoms with Gasteiger partial charge in [-0.05, 0) is 25.2 Å². The van der Waals surface area contributed by atoms with E-state index in [2.05, 4.69) is 4.98 Å². The van der Waals surface area contributed by atoms with E-state index in [0.29, 0.717) is 6.42 Å². The Morgan fingerprint density at radius 2 is 1.96 bits per heavy atom. The summed E-state index contributed by atoms with van der Waals surface area (Å²) >= 11 is 0. The summed E-state index contributed by atoms with van der Waals surface area (Å²) in [5.41, 5.74) is -1.51. The van der Waals surface area contributed by atoms with Crippen LogP contribution >= 0.6 is 0 Å². The van der Waals surface area contributed by atoms with Crippen molar-refractivity contribution in [1.29, 1.82) is 0 Å². The number of nitrogens with zero attached hydrogens (tertiary/aromatic N) is 2. The van der Waals surface area contributed by atoms with Crippen LogP contribution in [0.2, 0.25) is 0 Å². The number of aromatic amines is 1. The van der Waals surface area contributed by atoms with E-state index < -0.39 is 29.2 Å². The number of likely N-dealkylation sites (tertiary alicyclic amines) is 1. The second-order valence-corrected chi connectivity index (χ2v) is 6.29. The van der Waals surface area contributed by atoms with E-state index >= 15 is 0 Å². The Kier molecular flexibility index (Phi) is 3.83. The van der Waals surface area contributed by atoms with Gasteiger partial charge in [0.15, 0.2) is 0 Å². The molecule has 124 valence electrons. The Bertz CT molecular complexity index is 765. The molecule has 2 aliphatic rings. The zero-order valence-electron chi connectivity index (χ0n) is 12.8. The number of hydrogen-bond donors (Lipinski definition) is 2. The van der Waals surface area contributed by atoms with Crippen LogP contribution in [0.15, 0.2) is 15.8 Å². The molecule has 1 aromatic rings. The zero-order chi connectivity index (χ0) is 16.7. The van der Waals surface area contributed by atoms with Crippen molar-refractivity contribution in [3.63, 3.8) is 0 Å². The Morgan fingerprint density at radius 1 is 1.26 bits per heavy atom. The zero-order valence-corrected chi connectivity index (χ0v) is 12.8. The number of amides is 1. The first-order chi connectivity index (χ1) is 10.9. The highest BCUT2D eigenvalue weighted by Crippen LogP contribution is 2.40. The van der Waals surface area contributed by atoms with Gasteiger partial charge < -0.3 is 15.0 Å². The SMILES string of the molecule is Cn1c(=O)[nH]cc(C(=O)N2[C@@H]3CCCC[C@@H]3C[C@H]2C(=O)O)c1=O. The summed E-state index contributed by atoms with van der Waals surface area (Å²) in [4.78, 5) is 51.7. The molecule has 3 atom stereocenters. The molecule has 8 nitrogen and oxygen atoms in total. The summed E-state index contributed by atoms with van der Waals surface area (Å²) in [6.07, 6.45) is 5.15. The molecule has 1 aromatic heterocycles. The van der Waals surface area contributed by atoms with Crippen molar-refractivity contribution in [2.45, 2.75) is 44.2 Å². The fourth-order valence-corrected chi connectivity index (χ4v) is 3.83. The molecule has 3 rings (SSSR count). The average Bonchev–Trinajstić information content (AvgIpc) is 2.92. The second-order valence-electron chi connectivity index (χ2n) is 6.29. The number of fused-ring (bicyclic) bond motifs is 1. The largest absolute Gasteiger partial charge is 0.480 e. The van der Waals surface area contributed by atoms with Gasteiger partial charge in [0.1, 0.15) is 11.6 Å². The minimum absolute atomic E-state index is 0.144. The molecule has 1 amide bonds. The van der Waals surface area contributed by atoms with Gasteiger partial charge in [0.25, 0.3) is 11.5 Å². The van der Waals surface area contributed by atoms with E-state index in [1.54, 1.807) is 0 Å². The van der Waals surface area contributed by atoms with Crippen LogP contribution < -0.4 is 11.2 Å². The van der Waals surface area contributed by atoms with Gasteiger partial charge in [0.2, 0.25) is 0 Å². The maximum absolute atomic E-state index is 12.8. The van der Waals surface area contributed by atoms with Crippen LogP contribution in [-0.4, -0.2) is 43.5 Å². The molecule has 2 fully saturated rings. The van der Waals surface area contributed by atoms with Gasteiger partial charge in [-0.1, -0.05) is 12.8 Å². The molecule has 1 saturated heterocycles. The van der Waals surface area contributed by atoms with E-state index in [9.17, 15) is 24.3 Å². The van der Waals surface area contributed by atoms with Crippen molar-refractivity contribution >= 4 is 11.9 Å². The average molecular weight is 321 g/mol. The van der Waals surface area contributed by atoms with Gasteiger partial charge in [0.05, 0.1) is 0 Å². The number of H-pyrrole nitrogens is 1. The highest BCUT2D eigenvalue weighted by atomic mass is 16.4. The third-order valence-electron chi connectivity index (χ3n) is 5.02. The summed E-state index contributed by atoms with van der Waals surface area (Å²) < 4.78 is 0.817. The van der Waals surface area contributed by atoms with Crippen molar-refractivity contribution < 1.29 is 14.7 Å². The van der Waals surface area contributed by atoms with Crippen LogP contribution in [0, 0.1) is 5.92 Å². The number of hydrogen-bond acceptors (Lipinski definition) is 4. The standard InChI is InChI=1S/C15H19N3O5/c1-17-12(19)9(7-16-15(17)23)13(20)18-10-5-3-2-4-8(10)6-11(18)14(21)22/h7-8,10-11H,2-6H2,1H3,(H,16,23)(H,21,22)/t8-,10-,11+/m1/s1. The first-order valence-corrected chi connectivity index (χ1v) is 7.76. The quantitative estimate of drug-likeness (QED) is 0.792. The van der Waals surface area contributed by atoms with Crippen molar-refractivity contribution in [3.8, 4) is 0 Å². The Labute approximate surface area is 131 Å². The lowest BCUT2D eigenvalue weighted by atomic mass is 9.84. The number of carbonyl (C=O) groups is 2. The van der Waals surface area contributed by atoms with Gasteiger partial charge in [-0.3, -0.25) is 14.2 Å². The Morgan fingerprint density at radius 3 is 2.65 bits per heavy atom. The number of carbonyl (C=O) groups excluding carboxylic acids is 1. The van der Waals surface area contributed by atoms with E-state index in [4.69, 9.17) is 0 Å². The lowest BCUT2D eigenvalue weighted by Gasteiger charge is -2.32. The first kappa shape index (κ1) is 15.5. The highest BCUT2D eigenvalue weighted by molar-refractivity contribution is 5.96. The van der Waals surface area contributed by atoms with E-state index in [1.807, 2.05) is 0 Å². The third kappa shape index (κ3) is 2.47. The minimum atomic E-state index is -1.05. The van der Waals surface area contributed by atoms with Crippen molar-refractivity contribution in [3.05, 3.63) is 32.6 Å². The molecule has 0 aromatic carbocycles. The number of nitrogens with one attached hydrogen (secondary N) is 1. The summed E-state index contributed by atoms with van der Waals surface area (Å²) in [7, 11) is 1.28. The first-order valence-electron chi connectivity index (χ1n) is 7.76. The molecule has 0 radical (unpaired) electrons. The van der Waals surface area contributed by atoms with Gasteiger partial charge in [-0.2, -0.15) is 0 Å². The smallest absolute Gasteiger partial charge is 0.328 e. The van der Waals surface area contributed by atoms with Crippen molar-refractivity contribution in [2.75, 3.05) is 0 Å². The highest BCUT2D eigenvalue weighted by Gasteiger charge is 2.48. The van der Waals surface area contributed by atoms with Crippen LogP contribution in [0.4, 0.5) is 0 Å². The fourth-order valence-electron chi connectivity index (χ4n) is 3.83. The summed E-state index contributed by atoms with van der Waals surface area (Å²) in [6, 6.07) is -1.05. The molecular weight excluding hydrogens is 302 g/mol. The number of carboxylic acid groups (broad SMARTS) is 1. The number of aromatic nitrogens is 2. The molecule has 0 bridgehead atoms.